The molecule has 1 aromatic heterocycles. The number of nitrogens with zero attached hydrogens (tertiary/aromatic N) is 1. The van der Waals surface area contributed by atoms with Gasteiger partial charge >= 0.3 is 0 Å². The van der Waals surface area contributed by atoms with Crippen LogP contribution in [0.4, 0.5) is 0 Å². The van der Waals surface area contributed by atoms with Crippen LogP contribution in [0.15, 0.2) is 17.5 Å². The van der Waals surface area contributed by atoms with Crippen molar-refractivity contribution in [3.8, 4) is 0 Å². The van der Waals surface area contributed by atoms with Crippen molar-refractivity contribution in [3.63, 3.8) is 0 Å². The molecule has 18 heavy (non-hydrogen) atoms. The van der Waals surface area contributed by atoms with Crippen LogP contribution in [0, 0.1) is 0 Å². The molecular formula is C15H24ClNS. The highest BCUT2D eigenvalue weighted by Crippen LogP contribution is 2.45. The molecule has 1 saturated carbocycles. The fourth-order valence-corrected chi connectivity index (χ4v) is 4.73. The molecule has 0 bridgehead atoms. The summed E-state index contributed by atoms with van der Waals surface area (Å²) in [6.45, 7) is 2.66. The molecule has 0 amide bonds. The van der Waals surface area contributed by atoms with Crippen LogP contribution in [0.2, 0.25) is 0 Å². The van der Waals surface area contributed by atoms with Crippen LogP contribution in [0.1, 0.15) is 56.2 Å². The zero-order valence-corrected chi connectivity index (χ0v) is 12.7. The van der Waals surface area contributed by atoms with Gasteiger partial charge in [0.05, 0.1) is 5.54 Å². The van der Waals surface area contributed by atoms with E-state index in [2.05, 4.69) is 22.4 Å². The SMILES string of the molecule is Cl.c1csc(C2(N3CCCCC3)CCCCC2)c1. The summed E-state index contributed by atoms with van der Waals surface area (Å²) < 4.78 is 0. The summed E-state index contributed by atoms with van der Waals surface area (Å²) >= 11 is 1.98. The van der Waals surface area contributed by atoms with Crippen LogP contribution in [0.5, 0.6) is 0 Å². The smallest absolute Gasteiger partial charge is 0.0553 e. The lowest BCUT2D eigenvalue weighted by molar-refractivity contribution is 0.0332. The molecule has 1 saturated heterocycles. The number of piperidine rings is 1. The van der Waals surface area contributed by atoms with E-state index in [0.29, 0.717) is 5.54 Å². The largest absolute Gasteiger partial charge is 0.293 e. The molecule has 3 rings (SSSR count). The standard InChI is InChI=1S/C15H23NS.ClH/c1-3-9-15(10-4-1,14-8-7-13-17-14)16-11-5-2-6-12-16;/h7-8,13H,1-6,9-12H2;1H. The van der Waals surface area contributed by atoms with E-state index in [1.54, 1.807) is 4.88 Å². The van der Waals surface area contributed by atoms with Gasteiger partial charge in [-0.3, -0.25) is 4.90 Å². The molecule has 1 aromatic rings. The summed E-state index contributed by atoms with van der Waals surface area (Å²) in [4.78, 5) is 4.46. The molecule has 0 radical (unpaired) electrons. The number of hydrogen-bond donors (Lipinski definition) is 0. The van der Waals surface area contributed by atoms with E-state index in [9.17, 15) is 0 Å². The maximum absolute atomic E-state index is 2.82. The summed E-state index contributed by atoms with van der Waals surface area (Å²) in [5.41, 5.74) is 0.423. The van der Waals surface area contributed by atoms with Crippen LogP contribution in [0.25, 0.3) is 0 Å². The molecule has 1 nitrogen and oxygen atoms in total. The van der Waals surface area contributed by atoms with Crippen molar-refractivity contribution in [2.24, 2.45) is 0 Å². The van der Waals surface area contributed by atoms with E-state index < -0.39 is 0 Å². The van der Waals surface area contributed by atoms with Crippen molar-refractivity contribution < 1.29 is 0 Å². The average Bonchev–Trinajstić information content (AvgIpc) is 2.95. The Labute approximate surface area is 121 Å². The Morgan fingerprint density at radius 2 is 1.61 bits per heavy atom. The second kappa shape index (κ2) is 6.40. The zero-order chi connectivity index (χ0) is 11.6. The molecule has 2 aliphatic rings. The van der Waals surface area contributed by atoms with Gasteiger partial charge in [0, 0.05) is 4.88 Å². The molecule has 0 N–H and O–H groups in total. The molecule has 0 atom stereocenters. The van der Waals surface area contributed by atoms with Gasteiger partial charge in [0.25, 0.3) is 0 Å². The second-order valence-corrected chi connectivity index (χ2v) is 6.56. The van der Waals surface area contributed by atoms with Crippen molar-refractivity contribution in [2.75, 3.05) is 13.1 Å². The highest BCUT2D eigenvalue weighted by atomic mass is 35.5. The molecule has 3 heteroatoms. The van der Waals surface area contributed by atoms with Gasteiger partial charge < -0.3 is 0 Å². The third kappa shape index (κ3) is 2.61. The van der Waals surface area contributed by atoms with Crippen molar-refractivity contribution in [3.05, 3.63) is 22.4 Å². The Hall–Kier alpha value is -0.0500. The van der Waals surface area contributed by atoms with E-state index in [1.165, 1.54) is 64.5 Å². The fraction of sp³-hybridized carbons (Fsp3) is 0.733. The first-order valence-corrected chi connectivity index (χ1v) is 8.09. The van der Waals surface area contributed by atoms with E-state index >= 15 is 0 Å². The minimum absolute atomic E-state index is 0. The lowest BCUT2D eigenvalue weighted by atomic mass is 9.78. The molecule has 0 aromatic carbocycles. The topological polar surface area (TPSA) is 3.24 Å². The molecule has 102 valence electrons. The summed E-state index contributed by atoms with van der Waals surface area (Å²) in [5, 5.41) is 2.26. The predicted octanol–water partition coefficient (Wildman–Crippen LogP) is 4.82. The molecule has 0 spiro atoms. The Kier molecular flexibility index (Phi) is 5.11. The lowest BCUT2D eigenvalue weighted by Crippen LogP contribution is -2.49. The monoisotopic (exact) mass is 285 g/mol. The molecule has 2 heterocycles. The minimum atomic E-state index is 0. The lowest BCUT2D eigenvalue weighted by Gasteiger charge is -2.48. The van der Waals surface area contributed by atoms with Gasteiger partial charge in [-0.15, -0.1) is 23.7 Å². The Morgan fingerprint density at radius 1 is 0.944 bits per heavy atom. The zero-order valence-electron chi connectivity index (χ0n) is 11.1. The van der Waals surface area contributed by atoms with Gasteiger partial charge in [0.1, 0.15) is 0 Å². The third-order valence-electron chi connectivity index (χ3n) is 4.62. The van der Waals surface area contributed by atoms with Crippen LogP contribution < -0.4 is 0 Å². The number of hydrogen-bond acceptors (Lipinski definition) is 2. The average molecular weight is 286 g/mol. The quantitative estimate of drug-likeness (QED) is 0.753. The second-order valence-electron chi connectivity index (χ2n) is 5.62. The number of likely N-dealkylation sites (tertiary alicyclic amines) is 1. The first-order chi connectivity index (χ1) is 8.42. The molecule has 0 unspecified atom stereocenters. The maximum Gasteiger partial charge on any atom is 0.0553 e. The van der Waals surface area contributed by atoms with Gasteiger partial charge in [-0.2, -0.15) is 0 Å². The summed E-state index contributed by atoms with van der Waals surface area (Å²) in [6, 6.07) is 4.62. The van der Waals surface area contributed by atoms with Crippen LogP contribution >= 0.6 is 23.7 Å². The predicted molar refractivity (Wildman–Crippen MR) is 81.8 cm³/mol. The normalized spacial score (nSPS) is 24.4. The maximum atomic E-state index is 2.82. The molecule has 2 fully saturated rings. The van der Waals surface area contributed by atoms with Crippen LogP contribution in [-0.2, 0) is 5.54 Å². The molecule has 1 aliphatic carbocycles. The minimum Gasteiger partial charge on any atom is -0.293 e. The van der Waals surface area contributed by atoms with Crippen molar-refractivity contribution in [2.45, 2.75) is 56.9 Å². The highest BCUT2D eigenvalue weighted by Gasteiger charge is 2.40. The van der Waals surface area contributed by atoms with E-state index in [1.807, 2.05) is 11.3 Å². The van der Waals surface area contributed by atoms with Crippen molar-refractivity contribution in [1.82, 2.24) is 4.90 Å². The summed E-state index contributed by atoms with van der Waals surface area (Å²) in [7, 11) is 0. The van der Waals surface area contributed by atoms with Crippen molar-refractivity contribution >= 4 is 23.7 Å². The first-order valence-electron chi connectivity index (χ1n) is 7.21. The highest BCUT2D eigenvalue weighted by molar-refractivity contribution is 7.10. The van der Waals surface area contributed by atoms with Crippen LogP contribution in [-0.4, -0.2) is 18.0 Å². The van der Waals surface area contributed by atoms with Gasteiger partial charge in [-0.1, -0.05) is 31.7 Å². The van der Waals surface area contributed by atoms with Gasteiger partial charge in [0.2, 0.25) is 0 Å². The van der Waals surface area contributed by atoms with Gasteiger partial charge in [-0.05, 0) is 50.2 Å². The van der Waals surface area contributed by atoms with E-state index in [4.69, 9.17) is 0 Å². The third-order valence-corrected chi connectivity index (χ3v) is 5.69. The molecule has 1 aliphatic heterocycles. The summed E-state index contributed by atoms with van der Waals surface area (Å²) in [6.07, 6.45) is 11.3. The van der Waals surface area contributed by atoms with E-state index in [0.717, 1.165) is 0 Å². The number of thiophene rings is 1. The fourth-order valence-electron chi connectivity index (χ4n) is 3.72. The Balaban J connectivity index is 0.00000120. The van der Waals surface area contributed by atoms with Gasteiger partial charge in [0.15, 0.2) is 0 Å². The Morgan fingerprint density at radius 3 is 2.22 bits per heavy atom. The Bertz CT molecular complexity index is 337. The first kappa shape index (κ1) is 14.4. The van der Waals surface area contributed by atoms with Crippen molar-refractivity contribution in [1.29, 1.82) is 0 Å². The summed E-state index contributed by atoms with van der Waals surface area (Å²) in [5.74, 6) is 0. The van der Waals surface area contributed by atoms with Crippen LogP contribution in [0.3, 0.4) is 0 Å². The van der Waals surface area contributed by atoms with Gasteiger partial charge in [-0.25, -0.2) is 0 Å². The molecular weight excluding hydrogens is 262 g/mol. The number of rotatable bonds is 2. The van der Waals surface area contributed by atoms with E-state index in [-0.39, 0.29) is 12.4 Å². The number of halogens is 1.